The van der Waals surface area contributed by atoms with Gasteiger partial charge in [0, 0.05) is 24.5 Å². The molecule has 0 unspecified atom stereocenters. The number of hydrogen-bond donors (Lipinski definition) is 0. The van der Waals surface area contributed by atoms with Crippen molar-refractivity contribution in [1.29, 1.82) is 0 Å². The summed E-state index contributed by atoms with van der Waals surface area (Å²) in [4.78, 5) is 22.9. The Bertz CT molecular complexity index is 658. The Kier molecular flexibility index (Phi) is 4.47. The van der Waals surface area contributed by atoms with Gasteiger partial charge in [0.1, 0.15) is 5.76 Å². The average molecular weight is 317 g/mol. The fraction of sp³-hybridized carbons (Fsp3) is 0.438. The summed E-state index contributed by atoms with van der Waals surface area (Å²) in [6.45, 7) is 5.58. The number of thioether (sulfide) groups is 1. The molecule has 1 amide bonds. The minimum Gasteiger partial charge on any atom is -0.455 e. The fourth-order valence-electron chi connectivity index (χ4n) is 2.54. The molecule has 3 heterocycles. The number of rotatable bonds is 4. The Balaban J connectivity index is 1.63. The average Bonchev–Trinajstić information content (AvgIpc) is 3.15. The van der Waals surface area contributed by atoms with E-state index in [4.69, 9.17) is 4.42 Å². The van der Waals surface area contributed by atoms with E-state index < -0.39 is 0 Å². The van der Waals surface area contributed by atoms with Crippen molar-refractivity contribution in [2.24, 2.45) is 0 Å². The summed E-state index contributed by atoms with van der Waals surface area (Å²) in [5.74, 6) is 1.82. The molecule has 0 N–H and O–H groups in total. The lowest BCUT2D eigenvalue weighted by Crippen LogP contribution is -2.27. The van der Waals surface area contributed by atoms with Crippen LogP contribution < -0.4 is 0 Å². The maximum Gasteiger partial charge on any atom is 0.289 e. The van der Waals surface area contributed by atoms with Crippen LogP contribution in [0.2, 0.25) is 0 Å². The van der Waals surface area contributed by atoms with Crippen LogP contribution in [0.5, 0.6) is 0 Å². The number of hydrogen-bond acceptors (Lipinski definition) is 5. The number of amides is 1. The van der Waals surface area contributed by atoms with Gasteiger partial charge in [0.25, 0.3) is 5.91 Å². The van der Waals surface area contributed by atoms with Crippen LogP contribution >= 0.6 is 11.8 Å². The van der Waals surface area contributed by atoms with E-state index in [-0.39, 0.29) is 5.91 Å². The molecule has 6 heteroatoms. The standard InChI is InChI=1S/C16H19N3O2S/c1-11-9-12(2)18-16(17-11)22-10-13-5-6-14(21-13)15(20)19-7-3-4-8-19/h5-6,9H,3-4,7-8,10H2,1-2H3. The van der Waals surface area contributed by atoms with Crippen LogP contribution in [-0.4, -0.2) is 33.9 Å². The third kappa shape index (κ3) is 3.50. The highest BCUT2D eigenvalue weighted by atomic mass is 32.2. The zero-order valence-electron chi connectivity index (χ0n) is 12.8. The smallest absolute Gasteiger partial charge is 0.289 e. The summed E-state index contributed by atoms with van der Waals surface area (Å²) in [6.07, 6.45) is 2.17. The van der Waals surface area contributed by atoms with Gasteiger partial charge in [-0.05, 0) is 44.9 Å². The molecule has 2 aromatic heterocycles. The van der Waals surface area contributed by atoms with Gasteiger partial charge in [-0.15, -0.1) is 0 Å². The molecule has 3 rings (SSSR count). The van der Waals surface area contributed by atoms with Crippen molar-refractivity contribution in [3.63, 3.8) is 0 Å². The summed E-state index contributed by atoms with van der Waals surface area (Å²) < 4.78 is 5.67. The molecule has 0 bridgehead atoms. The molecular formula is C16H19N3O2S. The van der Waals surface area contributed by atoms with Crippen LogP contribution in [-0.2, 0) is 5.75 Å². The first-order valence-corrected chi connectivity index (χ1v) is 8.43. The molecule has 0 aliphatic carbocycles. The first-order chi connectivity index (χ1) is 10.6. The lowest BCUT2D eigenvalue weighted by molar-refractivity contribution is 0.0760. The van der Waals surface area contributed by atoms with E-state index in [0.717, 1.165) is 48.2 Å². The van der Waals surface area contributed by atoms with Crippen LogP contribution in [0.3, 0.4) is 0 Å². The van der Waals surface area contributed by atoms with Gasteiger partial charge in [-0.2, -0.15) is 0 Å². The molecule has 1 saturated heterocycles. The molecule has 2 aromatic rings. The van der Waals surface area contributed by atoms with Gasteiger partial charge in [0.2, 0.25) is 0 Å². The highest BCUT2D eigenvalue weighted by molar-refractivity contribution is 7.98. The second-order valence-electron chi connectivity index (χ2n) is 5.49. The van der Waals surface area contributed by atoms with Crippen molar-refractivity contribution in [3.05, 3.63) is 41.1 Å². The van der Waals surface area contributed by atoms with Crippen LogP contribution in [0.4, 0.5) is 0 Å². The zero-order valence-corrected chi connectivity index (χ0v) is 13.7. The maximum absolute atomic E-state index is 12.2. The zero-order chi connectivity index (χ0) is 15.5. The van der Waals surface area contributed by atoms with Crippen molar-refractivity contribution < 1.29 is 9.21 Å². The molecular weight excluding hydrogens is 298 g/mol. The number of aryl methyl sites for hydroxylation is 2. The second kappa shape index (κ2) is 6.52. The lowest BCUT2D eigenvalue weighted by Gasteiger charge is -2.12. The second-order valence-corrected chi connectivity index (χ2v) is 6.43. The van der Waals surface area contributed by atoms with E-state index in [9.17, 15) is 4.79 Å². The predicted molar refractivity (Wildman–Crippen MR) is 84.9 cm³/mol. The Labute approximate surface area is 134 Å². The normalized spacial score (nSPS) is 14.5. The largest absolute Gasteiger partial charge is 0.455 e. The molecule has 1 aliphatic heterocycles. The molecule has 1 aliphatic rings. The van der Waals surface area contributed by atoms with Crippen molar-refractivity contribution in [3.8, 4) is 0 Å². The quantitative estimate of drug-likeness (QED) is 0.640. The number of likely N-dealkylation sites (tertiary alicyclic amines) is 1. The van der Waals surface area contributed by atoms with Gasteiger partial charge in [-0.25, -0.2) is 9.97 Å². The molecule has 5 nitrogen and oxygen atoms in total. The van der Waals surface area contributed by atoms with Crippen LogP contribution in [0.15, 0.2) is 27.8 Å². The van der Waals surface area contributed by atoms with Gasteiger partial charge in [0.05, 0.1) is 5.75 Å². The summed E-state index contributed by atoms with van der Waals surface area (Å²) in [7, 11) is 0. The first-order valence-electron chi connectivity index (χ1n) is 7.45. The highest BCUT2D eigenvalue weighted by Gasteiger charge is 2.22. The summed E-state index contributed by atoms with van der Waals surface area (Å²) >= 11 is 1.52. The Morgan fingerprint density at radius 2 is 1.91 bits per heavy atom. The van der Waals surface area contributed by atoms with Gasteiger partial charge in [-0.3, -0.25) is 4.79 Å². The lowest BCUT2D eigenvalue weighted by atomic mass is 10.4. The van der Waals surface area contributed by atoms with E-state index in [0.29, 0.717) is 11.5 Å². The fourth-order valence-corrected chi connectivity index (χ4v) is 3.38. The molecule has 0 spiro atoms. The minimum atomic E-state index is -0.00333. The Morgan fingerprint density at radius 1 is 1.23 bits per heavy atom. The van der Waals surface area contributed by atoms with Crippen LogP contribution in [0, 0.1) is 13.8 Å². The van der Waals surface area contributed by atoms with Crippen molar-refractivity contribution in [2.75, 3.05) is 13.1 Å². The summed E-state index contributed by atoms with van der Waals surface area (Å²) in [5, 5.41) is 0.737. The molecule has 22 heavy (non-hydrogen) atoms. The monoisotopic (exact) mass is 317 g/mol. The van der Waals surface area contributed by atoms with Crippen molar-refractivity contribution >= 4 is 17.7 Å². The van der Waals surface area contributed by atoms with Gasteiger partial charge in [-0.1, -0.05) is 11.8 Å². The molecule has 0 atom stereocenters. The maximum atomic E-state index is 12.2. The molecule has 0 saturated carbocycles. The highest BCUT2D eigenvalue weighted by Crippen LogP contribution is 2.22. The first kappa shape index (κ1) is 15.1. The predicted octanol–water partition coefficient (Wildman–Crippen LogP) is 3.21. The van der Waals surface area contributed by atoms with Gasteiger partial charge >= 0.3 is 0 Å². The van der Waals surface area contributed by atoms with Crippen molar-refractivity contribution in [1.82, 2.24) is 14.9 Å². The number of aromatic nitrogens is 2. The van der Waals surface area contributed by atoms with E-state index in [1.807, 2.05) is 30.9 Å². The topological polar surface area (TPSA) is 59.2 Å². The van der Waals surface area contributed by atoms with E-state index >= 15 is 0 Å². The summed E-state index contributed by atoms with van der Waals surface area (Å²) in [5.41, 5.74) is 1.92. The van der Waals surface area contributed by atoms with E-state index in [2.05, 4.69) is 9.97 Å². The van der Waals surface area contributed by atoms with Gasteiger partial charge < -0.3 is 9.32 Å². The number of carbonyl (C=O) groups excluding carboxylic acids is 1. The molecule has 116 valence electrons. The van der Waals surface area contributed by atoms with E-state index in [1.54, 1.807) is 6.07 Å². The van der Waals surface area contributed by atoms with Gasteiger partial charge in [0.15, 0.2) is 10.9 Å². The van der Waals surface area contributed by atoms with E-state index in [1.165, 1.54) is 11.8 Å². The number of furan rings is 1. The third-order valence-electron chi connectivity index (χ3n) is 3.57. The Hall–Kier alpha value is -1.82. The number of nitrogens with zero attached hydrogens (tertiary/aromatic N) is 3. The van der Waals surface area contributed by atoms with Crippen molar-refractivity contribution in [2.45, 2.75) is 37.6 Å². The SMILES string of the molecule is Cc1cc(C)nc(SCc2ccc(C(=O)N3CCCC3)o2)n1. The number of carbonyl (C=O) groups is 1. The van der Waals surface area contributed by atoms with Crippen LogP contribution in [0.25, 0.3) is 0 Å². The molecule has 0 aromatic carbocycles. The van der Waals surface area contributed by atoms with Crippen LogP contribution in [0.1, 0.15) is 40.5 Å². The Morgan fingerprint density at radius 3 is 2.59 bits per heavy atom. The molecule has 0 radical (unpaired) electrons. The minimum absolute atomic E-state index is 0.00333. The molecule has 1 fully saturated rings. The third-order valence-corrected chi connectivity index (χ3v) is 4.44. The summed E-state index contributed by atoms with van der Waals surface area (Å²) in [6, 6.07) is 5.57.